The SMILES string of the molecule is CCCNC(C)C(C)c1ccc(C)cc1[N+](=O)[O-]. The second-order valence-corrected chi connectivity index (χ2v) is 4.85. The average Bonchev–Trinajstić information content (AvgIpc) is 2.34. The Morgan fingerprint density at radius 2 is 2.06 bits per heavy atom. The maximum atomic E-state index is 11.1. The molecule has 0 heterocycles. The molecule has 0 radical (unpaired) electrons. The van der Waals surface area contributed by atoms with E-state index in [1.165, 1.54) is 0 Å². The molecule has 0 fully saturated rings. The molecule has 2 unspecified atom stereocenters. The third-order valence-corrected chi connectivity index (χ3v) is 3.34. The second-order valence-electron chi connectivity index (χ2n) is 4.85. The Labute approximate surface area is 109 Å². The zero-order chi connectivity index (χ0) is 13.7. The lowest BCUT2D eigenvalue weighted by molar-refractivity contribution is -0.385. The Balaban J connectivity index is 2.97. The number of nitrogens with one attached hydrogen (secondary N) is 1. The van der Waals surface area contributed by atoms with Crippen molar-refractivity contribution < 1.29 is 4.92 Å². The zero-order valence-corrected chi connectivity index (χ0v) is 11.6. The van der Waals surface area contributed by atoms with E-state index in [1.54, 1.807) is 6.07 Å². The van der Waals surface area contributed by atoms with Crippen molar-refractivity contribution in [2.24, 2.45) is 0 Å². The van der Waals surface area contributed by atoms with Gasteiger partial charge in [0, 0.05) is 23.6 Å². The molecule has 1 N–H and O–H groups in total. The number of hydrogen-bond acceptors (Lipinski definition) is 3. The van der Waals surface area contributed by atoms with Gasteiger partial charge in [0.1, 0.15) is 0 Å². The molecule has 4 heteroatoms. The van der Waals surface area contributed by atoms with Gasteiger partial charge in [-0.05, 0) is 32.4 Å². The third kappa shape index (κ3) is 3.53. The quantitative estimate of drug-likeness (QED) is 0.622. The predicted octanol–water partition coefficient (Wildman–Crippen LogP) is 3.39. The molecular formula is C14H22N2O2. The van der Waals surface area contributed by atoms with Crippen LogP contribution >= 0.6 is 0 Å². The van der Waals surface area contributed by atoms with E-state index in [2.05, 4.69) is 19.2 Å². The van der Waals surface area contributed by atoms with Crippen LogP contribution in [0.1, 0.15) is 44.2 Å². The van der Waals surface area contributed by atoms with Gasteiger partial charge >= 0.3 is 0 Å². The Morgan fingerprint density at radius 3 is 2.61 bits per heavy atom. The van der Waals surface area contributed by atoms with Gasteiger partial charge in [-0.15, -0.1) is 0 Å². The lowest BCUT2D eigenvalue weighted by Gasteiger charge is -2.21. The van der Waals surface area contributed by atoms with Gasteiger partial charge in [-0.2, -0.15) is 0 Å². The van der Waals surface area contributed by atoms with Gasteiger partial charge in [0.05, 0.1) is 4.92 Å². The summed E-state index contributed by atoms with van der Waals surface area (Å²) in [7, 11) is 0. The number of nitro benzene ring substituents is 1. The van der Waals surface area contributed by atoms with Crippen molar-refractivity contribution in [2.75, 3.05) is 6.54 Å². The van der Waals surface area contributed by atoms with Crippen molar-refractivity contribution in [3.8, 4) is 0 Å². The number of aryl methyl sites for hydroxylation is 1. The van der Waals surface area contributed by atoms with Gasteiger partial charge in [-0.25, -0.2) is 0 Å². The minimum absolute atomic E-state index is 0.123. The van der Waals surface area contributed by atoms with Crippen molar-refractivity contribution in [3.63, 3.8) is 0 Å². The van der Waals surface area contributed by atoms with E-state index in [-0.39, 0.29) is 22.6 Å². The summed E-state index contributed by atoms with van der Waals surface area (Å²) in [5, 5.41) is 14.5. The molecule has 1 rings (SSSR count). The van der Waals surface area contributed by atoms with E-state index < -0.39 is 0 Å². The predicted molar refractivity (Wildman–Crippen MR) is 74.0 cm³/mol. The molecule has 0 spiro atoms. The van der Waals surface area contributed by atoms with E-state index in [9.17, 15) is 10.1 Å². The fourth-order valence-corrected chi connectivity index (χ4v) is 2.01. The molecule has 0 amide bonds. The highest BCUT2D eigenvalue weighted by molar-refractivity contribution is 5.45. The van der Waals surface area contributed by atoms with Gasteiger partial charge < -0.3 is 5.32 Å². The highest BCUT2D eigenvalue weighted by Gasteiger charge is 2.22. The molecule has 2 atom stereocenters. The van der Waals surface area contributed by atoms with Gasteiger partial charge in [-0.3, -0.25) is 10.1 Å². The molecule has 0 saturated carbocycles. The summed E-state index contributed by atoms with van der Waals surface area (Å²) in [6, 6.07) is 5.69. The largest absolute Gasteiger partial charge is 0.314 e. The number of nitrogens with zero attached hydrogens (tertiary/aromatic N) is 1. The van der Waals surface area contributed by atoms with Gasteiger partial charge in [-0.1, -0.05) is 26.0 Å². The summed E-state index contributed by atoms with van der Waals surface area (Å²) < 4.78 is 0. The molecule has 0 aliphatic rings. The van der Waals surface area contributed by atoms with Crippen molar-refractivity contribution in [3.05, 3.63) is 39.4 Å². The maximum absolute atomic E-state index is 11.1. The minimum atomic E-state index is -0.286. The molecule has 0 aliphatic heterocycles. The first-order valence-corrected chi connectivity index (χ1v) is 6.45. The van der Waals surface area contributed by atoms with E-state index in [0.717, 1.165) is 24.1 Å². The van der Waals surface area contributed by atoms with E-state index in [4.69, 9.17) is 0 Å². The van der Waals surface area contributed by atoms with Crippen LogP contribution in [0.25, 0.3) is 0 Å². The van der Waals surface area contributed by atoms with Crippen molar-refractivity contribution >= 4 is 5.69 Å². The Bertz CT molecular complexity index is 418. The molecule has 1 aromatic carbocycles. The second kappa shape index (κ2) is 6.50. The van der Waals surface area contributed by atoms with Crippen molar-refractivity contribution in [1.29, 1.82) is 0 Å². The van der Waals surface area contributed by atoms with E-state index >= 15 is 0 Å². The lowest BCUT2D eigenvalue weighted by Crippen LogP contribution is -2.31. The normalized spacial score (nSPS) is 14.2. The van der Waals surface area contributed by atoms with Crippen LogP contribution in [0.3, 0.4) is 0 Å². The topological polar surface area (TPSA) is 55.2 Å². The fourth-order valence-electron chi connectivity index (χ4n) is 2.01. The van der Waals surface area contributed by atoms with Crippen LogP contribution in [0.2, 0.25) is 0 Å². The van der Waals surface area contributed by atoms with Gasteiger partial charge in [0.2, 0.25) is 0 Å². The molecular weight excluding hydrogens is 228 g/mol. The van der Waals surface area contributed by atoms with Gasteiger partial charge in [0.15, 0.2) is 0 Å². The smallest absolute Gasteiger partial charge is 0.273 e. The molecule has 4 nitrogen and oxygen atoms in total. The summed E-state index contributed by atoms with van der Waals surface area (Å²) >= 11 is 0. The Morgan fingerprint density at radius 1 is 1.39 bits per heavy atom. The monoisotopic (exact) mass is 250 g/mol. The van der Waals surface area contributed by atoms with E-state index in [0.29, 0.717) is 0 Å². The van der Waals surface area contributed by atoms with Crippen LogP contribution in [0.4, 0.5) is 5.69 Å². The summed E-state index contributed by atoms with van der Waals surface area (Å²) in [6.07, 6.45) is 1.06. The first-order chi connectivity index (χ1) is 8.47. The van der Waals surface area contributed by atoms with Crippen LogP contribution < -0.4 is 5.32 Å². The number of hydrogen-bond donors (Lipinski definition) is 1. The summed E-state index contributed by atoms with van der Waals surface area (Å²) in [5.41, 5.74) is 1.96. The molecule has 18 heavy (non-hydrogen) atoms. The van der Waals surface area contributed by atoms with Crippen molar-refractivity contribution in [1.82, 2.24) is 5.32 Å². The molecule has 0 aromatic heterocycles. The van der Waals surface area contributed by atoms with Crippen LogP contribution in [0.15, 0.2) is 18.2 Å². The Kier molecular flexibility index (Phi) is 5.28. The maximum Gasteiger partial charge on any atom is 0.273 e. The van der Waals surface area contributed by atoms with Gasteiger partial charge in [0.25, 0.3) is 5.69 Å². The third-order valence-electron chi connectivity index (χ3n) is 3.34. The lowest BCUT2D eigenvalue weighted by atomic mass is 9.92. The van der Waals surface area contributed by atoms with Crippen LogP contribution in [-0.4, -0.2) is 17.5 Å². The van der Waals surface area contributed by atoms with Crippen LogP contribution in [0, 0.1) is 17.0 Å². The molecule has 100 valence electrons. The zero-order valence-electron chi connectivity index (χ0n) is 11.6. The highest BCUT2D eigenvalue weighted by atomic mass is 16.6. The number of benzene rings is 1. The first-order valence-electron chi connectivity index (χ1n) is 6.45. The summed E-state index contributed by atoms with van der Waals surface area (Å²) in [6.45, 7) is 9.03. The summed E-state index contributed by atoms with van der Waals surface area (Å²) in [5.74, 6) is 0.123. The average molecular weight is 250 g/mol. The number of nitro groups is 1. The van der Waals surface area contributed by atoms with Crippen LogP contribution in [-0.2, 0) is 0 Å². The standard InChI is InChI=1S/C14H22N2O2/c1-5-8-15-12(4)11(3)13-7-6-10(2)9-14(13)16(17)18/h6-7,9,11-12,15H,5,8H2,1-4H3. The first kappa shape index (κ1) is 14.6. The molecule has 0 saturated heterocycles. The minimum Gasteiger partial charge on any atom is -0.314 e. The van der Waals surface area contributed by atoms with Crippen LogP contribution in [0.5, 0.6) is 0 Å². The Hall–Kier alpha value is -1.42. The summed E-state index contributed by atoms with van der Waals surface area (Å²) in [4.78, 5) is 10.8. The van der Waals surface area contributed by atoms with Crippen molar-refractivity contribution in [2.45, 2.75) is 46.1 Å². The molecule has 0 bridgehead atoms. The number of rotatable bonds is 6. The van der Waals surface area contributed by atoms with E-state index in [1.807, 2.05) is 26.0 Å². The molecule has 0 aliphatic carbocycles. The highest BCUT2D eigenvalue weighted by Crippen LogP contribution is 2.29. The molecule has 1 aromatic rings. The fraction of sp³-hybridized carbons (Fsp3) is 0.571.